The Bertz CT molecular complexity index is 761. The van der Waals surface area contributed by atoms with Gasteiger partial charge in [0.1, 0.15) is 5.76 Å². The van der Waals surface area contributed by atoms with Gasteiger partial charge in [-0.3, -0.25) is 4.72 Å². The molecule has 2 aromatic rings. The van der Waals surface area contributed by atoms with Crippen molar-refractivity contribution in [2.24, 2.45) is 0 Å². The summed E-state index contributed by atoms with van der Waals surface area (Å²) in [5, 5.41) is 8.84. The van der Waals surface area contributed by atoms with Crippen LogP contribution in [0.2, 0.25) is 0 Å². The minimum absolute atomic E-state index is 0.203. The van der Waals surface area contributed by atoms with Crippen LogP contribution in [0.4, 0.5) is 5.69 Å². The third kappa shape index (κ3) is 3.18. The van der Waals surface area contributed by atoms with Gasteiger partial charge in [-0.1, -0.05) is 6.07 Å². The molecule has 0 spiro atoms. The summed E-state index contributed by atoms with van der Waals surface area (Å²) in [5.74, 6) is -1.10. The first-order valence-corrected chi connectivity index (χ1v) is 7.57. The molecule has 1 aromatic heterocycles. The SMILES string of the molecule is Cc1ccc(-c2ccc(C(=O)O)o2)c(NS(C)(=O)=O)c1. The van der Waals surface area contributed by atoms with Crippen molar-refractivity contribution in [2.45, 2.75) is 6.92 Å². The maximum absolute atomic E-state index is 11.4. The van der Waals surface area contributed by atoms with E-state index >= 15 is 0 Å². The van der Waals surface area contributed by atoms with Crippen LogP contribution in [-0.2, 0) is 10.0 Å². The Balaban J connectivity index is 2.52. The first-order chi connectivity index (χ1) is 9.26. The molecule has 2 N–H and O–H groups in total. The molecule has 0 aliphatic carbocycles. The molecule has 0 saturated carbocycles. The van der Waals surface area contributed by atoms with Crippen molar-refractivity contribution in [2.75, 3.05) is 11.0 Å². The number of hydrogen-bond acceptors (Lipinski definition) is 4. The van der Waals surface area contributed by atoms with Crippen LogP contribution in [0.1, 0.15) is 16.1 Å². The Morgan fingerprint density at radius 1 is 1.25 bits per heavy atom. The Morgan fingerprint density at radius 2 is 1.95 bits per heavy atom. The second-order valence-corrected chi connectivity index (χ2v) is 6.14. The summed E-state index contributed by atoms with van der Waals surface area (Å²) < 4.78 is 30.3. The Kier molecular flexibility index (Phi) is 3.54. The number of carboxylic acids is 1. The molecule has 1 aromatic carbocycles. The molecule has 106 valence electrons. The minimum Gasteiger partial charge on any atom is -0.475 e. The maximum atomic E-state index is 11.4. The highest BCUT2D eigenvalue weighted by molar-refractivity contribution is 7.92. The first kappa shape index (κ1) is 14.1. The minimum atomic E-state index is -3.44. The number of aryl methyl sites for hydroxylation is 1. The topological polar surface area (TPSA) is 96.6 Å². The van der Waals surface area contributed by atoms with Gasteiger partial charge in [0.05, 0.1) is 11.9 Å². The average Bonchev–Trinajstić information content (AvgIpc) is 2.76. The van der Waals surface area contributed by atoms with Crippen molar-refractivity contribution in [1.29, 1.82) is 0 Å². The molecule has 6 nitrogen and oxygen atoms in total. The van der Waals surface area contributed by atoms with E-state index in [4.69, 9.17) is 9.52 Å². The lowest BCUT2D eigenvalue weighted by atomic mass is 10.1. The number of benzene rings is 1. The molecule has 20 heavy (non-hydrogen) atoms. The number of furan rings is 1. The largest absolute Gasteiger partial charge is 0.475 e. The molecule has 0 aliphatic heterocycles. The lowest BCUT2D eigenvalue weighted by Gasteiger charge is -2.10. The molecule has 2 rings (SSSR count). The summed E-state index contributed by atoms with van der Waals surface area (Å²) in [4.78, 5) is 10.8. The average molecular weight is 295 g/mol. The predicted molar refractivity (Wildman–Crippen MR) is 74.3 cm³/mol. The van der Waals surface area contributed by atoms with Crippen molar-refractivity contribution < 1.29 is 22.7 Å². The number of rotatable bonds is 4. The third-order valence-corrected chi connectivity index (χ3v) is 3.14. The molecule has 7 heteroatoms. The highest BCUT2D eigenvalue weighted by Gasteiger charge is 2.15. The zero-order valence-corrected chi connectivity index (χ0v) is 11.7. The summed E-state index contributed by atoms with van der Waals surface area (Å²) in [5.41, 5.74) is 1.69. The molecule has 0 amide bonds. The molecular formula is C13H13NO5S. The van der Waals surface area contributed by atoms with E-state index in [-0.39, 0.29) is 11.5 Å². The van der Waals surface area contributed by atoms with E-state index in [0.717, 1.165) is 11.8 Å². The molecule has 0 atom stereocenters. The molecule has 0 unspecified atom stereocenters. The Morgan fingerprint density at radius 3 is 2.50 bits per heavy atom. The van der Waals surface area contributed by atoms with Gasteiger partial charge in [-0.2, -0.15) is 0 Å². The quantitative estimate of drug-likeness (QED) is 0.902. The Labute approximate surface area is 116 Å². The lowest BCUT2D eigenvalue weighted by Crippen LogP contribution is -2.10. The van der Waals surface area contributed by atoms with Gasteiger partial charge in [0.25, 0.3) is 0 Å². The normalized spacial score (nSPS) is 11.3. The smallest absolute Gasteiger partial charge is 0.371 e. The molecule has 0 fully saturated rings. The summed E-state index contributed by atoms with van der Waals surface area (Å²) in [6.07, 6.45) is 1.05. The van der Waals surface area contributed by atoms with Gasteiger partial charge in [-0.05, 0) is 36.8 Å². The van der Waals surface area contributed by atoms with Crippen LogP contribution in [0.5, 0.6) is 0 Å². The standard InChI is InChI=1S/C13H13NO5S/c1-8-3-4-9(10(7-8)14-20(2,17)18)11-5-6-12(19-11)13(15)16/h3-7,14H,1-2H3,(H,15,16). The van der Waals surface area contributed by atoms with Crippen LogP contribution in [0.25, 0.3) is 11.3 Å². The fraction of sp³-hybridized carbons (Fsp3) is 0.154. The number of hydrogen-bond donors (Lipinski definition) is 2. The van der Waals surface area contributed by atoms with Crippen LogP contribution >= 0.6 is 0 Å². The summed E-state index contributed by atoms with van der Waals surface area (Å²) in [7, 11) is -3.44. The number of carboxylic acid groups (broad SMARTS) is 1. The van der Waals surface area contributed by atoms with Crippen molar-refractivity contribution in [3.63, 3.8) is 0 Å². The second kappa shape index (κ2) is 5.01. The summed E-state index contributed by atoms with van der Waals surface area (Å²) >= 11 is 0. The van der Waals surface area contributed by atoms with Crippen LogP contribution < -0.4 is 4.72 Å². The number of anilines is 1. The van der Waals surface area contributed by atoms with E-state index in [9.17, 15) is 13.2 Å². The van der Waals surface area contributed by atoms with Gasteiger partial charge in [0.15, 0.2) is 0 Å². The summed E-state index contributed by atoms with van der Waals surface area (Å²) in [6, 6.07) is 7.92. The molecule has 0 radical (unpaired) electrons. The molecule has 1 heterocycles. The van der Waals surface area contributed by atoms with E-state index in [1.165, 1.54) is 12.1 Å². The van der Waals surface area contributed by atoms with Crippen LogP contribution in [-0.4, -0.2) is 25.7 Å². The monoisotopic (exact) mass is 295 g/mol. The van der Waals surface area contributed by atoms with E-state index in [2.05, 4.69) is 4.72 Å². The van der Waals surface area contributed by atoms with Gasteiger partial charge in [-0.25, -0.2) is 13.2 Å². The van der Waals surface area contributed by atoms with Gasteiger partial charge in [-0.15, -0.1) is 0 Å². The number of sulfonamides is 1. The van der Waals surface area contributed by atoms with Gasteiger partial charge in [0.2, 0.25) is 15.8 Å². The fourth-order valence-corrected chi connectivity index (χ4v) is 2.32. The van der Waals surface area contributed by atoms with E-state index in [1.54, 1.807) is 18.2 Å². The molecule has 0 aliphatic rings. The maximum Gasteiger partial charge on any atom is 0.371 e. The summed E-state index contributed by atoms with van der Waals surface area (Å²) in [6.45, 7) is 1.82. The van der Waals surface area contributed by atoms with Crippen molar-refractivity contribution >= 4 is 21.7 Å². The van der Waals surface area contributed by atoms with Gasteiger partial charge < -0.3 is 9.52 Å². The number of nitrogens with one attached hydrogen (secondary N) is 1. The molecule has 0 saturated heterocycles. The molecular weight excluding hydrogens is 282 g/mol. The van der Waals surface area contributed by atoms with E-state index in [0.29, 0.717) is 11.3 Å². The zero-order valence-electron chi connectivity index (χ0n) is 10.9. The van der Waals surface area contributed by atoms with Crippen LogP contribution in [0.15, 0.2) is 34.7 Å². The number of carbonyl (C=O) groups is 1. The van der Waals surface area contributed by atoms with Crippen LogP contribution in [0.3, 0.4) is 0 Å². The lowest BCUT2D eigenvalue weighted by molar-refractivity contribution is 0.0663. The highest BCUT2D eigenvalue weighted by Crippen LogP contribution is 2.31. The zero-order chi connectivity index (χ0) is 14.9. The van der Waals surface area contributed by atoms with Crippen molar-refractivity contribution in [3.05, 3.63) is 41.7 Å². The first-order valence-electron chi connectivity index (χ1n) is 5.68. The highest BCUT2D eigenvalue weighted by atomic mass is 32.2. The third-order valence-electron chi connectivity index (χ3n) is 2.55. The van der Waals surface area contributed by atoms with Crippen molar-refractivity contribution in [1.82, 2.24) is 0 Å². The second-order valence-electron chi connectivity index (χ2n) is 4.39. The molecule has 0 bridgehead atoms. The number of aromatic carboxylic acids is 1. The van der Waals surface area contributed by atoms with Gasteiger partial charge in [0, 0.05) is 5.56 Å². The van der Waals surface area contributed by atoms with E-state index < -0.39 is 16.0 Å². The van der Waals surface area contributed by atoms with Gasteiger partial charge >= 0.3 is 5.97 Å². The van der Waals surface area contributed by atoms with Crippen LogP contribution in [0, 0.1) is 6.92 Å². The Hall–Kier alpha value is -2.28. The predicted octanol–water partition coefficient (Wildman–Crippen LogP) is 2.32. The van der Waals surface area contributed by atoms with E-state index in [1.807, 2.05) is 6.92 Å². The van der Waals surface area contributed by atoms with Crippen molar-refractivity contribution in [3.8, 4) is 11.3 Å². The fourth-order valence-electron chi connectivity index (χ4n) is 1.75.